The van der Waals surface area contributed by atoms with Crippen LogP contribution >= 0.6 is 23.2 Å². The number of benzene rings is 2. The van der Waals surface area contributed by atoms with Crippen molar-refractivity contribution in [2.45, 2.75) is 31.3 Å². The van der Waals surface area contributed by atoms with Crippen LogP contribution in [-0.4, -0.2) is 40.1 Å². The molecule has 3 saturated heterocycles. The number of amides is 3. The Bertz CT molecular complexity index is 1350. The predicted molar refractivity (Wildman–Crippen MR) is 124 cm³/mol. The van der Waals surface area contributed by atoms with E-state index in [1.165, 1.54) is 12.1 Å². The minimum absolute atomic E-state index is 0.0768. The number of hydrogen-bond donors (Lipinski definition) is 1. The predicted octanol–water partition coefficient (Wildman–Crippen LogP) is 3.64. The molecule has 0 unspecified atom stereocenters. The van der Waals surface area contributed by atoms with Crippen molar-refractivity contribution >= 4 is 58.0 Å². The summed E-state index contributed by atoms with van der Waals surface area (Å²) in [6.07, 6.45) is 1.48. The van der Waals surface area contributed by atoms with Crippen molar-refractivity contribution in [2.24, 2.45) is 11.8 Å². The first-order valence-corrected chi connectivity index (χ1v) is 11.6. The third-order valence-corrected chi connectivity index (χ3v) is 8.46. The SMILES string of the molecule is Cc1c(Cl)ccc2c1NC(=O)[C@@]21[C@@H]2C(=O)N(c3ccc([N+](=O)[O-])cc3Cl)C(=O)[C@H]2[C@H]2CCCN21. The zero-order valence-electron chi connectivity index (χ0n) is 17.9. The van der Waals surface area contributed by atoms with Crippen molar-refractivity contribution in [1.82, 2.24) is 4.90 Å². The van der Waals surface area contributed by atoms with Gasteiger partial charge in [-0.15, -0.1) is 0 Å². The smallest absolute Gasteiger partial charge is 0.271 e. The van der Waals surface area contributed by atoms with Gasteiger partial charge >= 0.3 is 0 Å². The number of anilines is 2. The quantitative estimate of drug-likeness (QED) is 0.382. The third-order valence-electron chi connectivity index (χ3n) is 7.75. The van der Waals surface area contributed by atoms with E-state index in [0.717, 1.165) is 17.4 Å². The highest BCUT2D eigenvalue weighted by atomic mass is 35.5. The van der Waals surface area contributed by atoms with Crippen LogP contribution in [0.1, 0.15) is 24.0 Å². The van der Waals surface area contributed by atoms with E-state index in [-0.39, 0.29) is 28.3 Å². The first-order valence-electron chi connectivity index (χ1n) is 10.9. The third kappa shape index (κ3) is 2.41. The van der Waals surface area contributed by atoms with Gasteiger partial charge in [0.15, 0.2) is 0 Å². The second kappa shape index (κ2) is 7.00. The Hall–Kier alpha value is -3.01. The lowest BCUT2D eigenvalue weighted by Crippen LogP contribution is -2.54. The Kier molecular flexibility index (Phi) is 4.43. The van der Waals surface area contributed by atoms with Crippen LogP contribution < -0.4 is 10.2 Å². The standard InChI is InChI=1S/C23H18Cl2N4O5/c1-10-13(24)6-5-12-19(10)26-22(32)23(12)18-17(16-3-2-8-27(16)23)20(30)28(21(18)31)15-7-4-11(29(33)34)9-14(15)25/h4-7,9,16-18H,2-3,8H2,1H3,(H,26,32)/t16-,17+,18+,23+/m1/s1. The largest absolute Gasteiger partial charge is 0.324 e. The molecular formula is C23H18Cl2N4O5. The van der Waals surface area contributed by atoms with E-state index in [0.29, 0.717) is 34.8 Å². The second-order valence-corrected chi connectivity index (χ2v) is 9.94. The van der Waals surface area contributed by atoms with Gasteiger partial charge in [-0.25, -0.2) is 4.90 Å². The number of non-ortho nitro benzene ring substituents is 1. The average molecular weight is 501 g/mol. The molecule has 0 aliphatic carbocycles. The lowest BCUT2D eigenvalue weighted by Gasteiger charge is -2.36. The molecule has 3 fully saturated rings. The number of carbonyl (C=O) groups excluding carboxylic acids is 3. The Morgan fingerprint density at radius 1 is 1.12 bits per heavy atom. The number of nitro benzene ring substituents is 1. The summed E-state index contributed by atoms with van der Waals surface area (Å²) in [5, 5.41) is 14.5. The van der Waals surface area contributed by atoms with Crippen molar-refractivity contribution < 1.29 is 19.3 Å². The first kappa shape index (κ1) is 21.5. The minimum atomic E-state index is -1.33. The fraction of sp³-hybridized carbons (Fsp3) is 0.348. The summed E-state index contributed by atoms with van der Waals surface area (Å²) >= 11 is 12.6. The molecule has 0 radical (unpaired) electrons. The zero-order valence-corrected chi connectivity index (χ0v) is 19.4. The molecule has 0 saturated carbocycles. The van der Waals surface area contributed by atoms with Gasteiger partial charge in [-0.2, -0.15) is 0 Å². The van der Waals surface area contributed by atoms with Crippen molar-refractivity contribution in [1.29, 1.82) is 0 Å². The molecule has 4 aliphatic heterocycles. The molecule has 34 heavy (non-hydrogen) atoms. The van der Waals surface area contributed by atoms with Gasteiger partial charge in [0.1, 0.15) is 5.54 Å². The Labute approximate surface area is 203 Å². The van der Waals surface area contributed by atoms with Crippen LogP contribution in [0.3, 0.4) is 0 Å². The Balaban J connectivity index is 1.54. The molecule has 174 valence electrons. The van der Waals surface area contributed by atoms with E-state index >= 15 is 0 Å². The number of nitrogens with zero attached hydrogens (tertiary/aromatic N) is 3. The Morgan fingerprint density at radius 3 is 2.59 bits per heavy atom. The van der Waals surface area contributed by atoms with Crippen LogP contribution in [0.5, 0.6) is 0 Å². The summed E-state index contributed by atoms with van der Waals surface area (Å²) in [5.41, 5.74) is 0.443. The summed E-state index contributed by atoms with van der Waals surface area (Å²) in [6, 6.07) is 6.82. The zero-order chi connectivity index (χ0) is 24.1. The Morgan fingerprint density at radius 2 is 1.88 bits per heavy atom. The summed E-state index contributed by atoms with van der Waals surface area (Å²) in [4.78, 5) is 54.9. The lowest BCUT2D eigenvalue weighted by molar-refractivity contribution is -0.384. The summed E-state index contributed by atoms with van der Waals surface area (Å²) in [6.45, 7) is 2.39. The first-order chi connectivity index (χ1) is 16.2. The van der Waals surface area contributed by atoms with Crippen LogP contribution in [-0.2, 0) is 19.9 Å². The highest BCUT2D eigenvalue weighted by Crippen LogP contribution is 2.61. The molecule has 4 atom stereocenters. The number of halogens is 2. The van der Waals surface area contributed by atoms with Crippen LogP contribution in [0, 0.1) is 28.9 Å². The van der Waals surface area contributed by atoms with Gasteiger partial charge in [0.25, 0.3) is 5.69 Å². The molecule has 11 heteroatoms. The van der Waals surface area contributed by atoms with Crippen molar-refractivity contribution in [3.8, 4) is 0 Å². The molecule has 6 rings (SSSR count). The summed E-state index contributed by atoms with van der Waals surface area (Å²) < 4.78 is 0. The van der Waals surface area contributed by atoms with E-state index in [4.69, 9.17) is 23.2 Å². The fourth-order valence-electron chi connectivity index (χ4n) is 6.42. The van der Waals surface area contributed by atoms with E-state index in [9.17, 15) is 24.5 Å². The number of rotatable bonds is 2. The summed E-state index contributed by atoms with van der Waals surface area (Å²) in [5.74, 6) is -2.99. The molecule has 1 N–H and O–H groups in total. The van der Waals surface area contributed by atoms with Crippen LogP contribution in [0.4, 0.5) is 17.1 Å². The highest BCUT2D eigenvalue weighted by Gasteiger charge is 2.74. The number of hydrogen-bond acceptors (Lipinski definition) is 6. The maximum atomic E-state index is 13.9. The number of carbonyl (C=O) groups is 3. The number of imide groups is 1. The number of fused-ring (bicyclic) bond motifs is 7. The number of nitrogens with one attached hydrogen (secondary N) is 1. The van der Waals surface area contributed by atoms with Crippen molar-refractivity contribution in [2.75, 3.05) is 16.8 Å². The highest BCUT2D eigenvalue weighted by molar-refractivity contribution is 6.37. The molecule has 9 nitrogen and oxygen atoms in total. The molecule has 4 aliphatic rings. The molecular weight excluding hydrogens is 483 g/mol. The average Bonchev–Trinajstić information content (AvgIpc) is 3.50. The van der Waals surface area contributed by atoms with Crippen molar-refractivity contribution in [3.05, 3.63) is 61.6 Å². The van der Waals surface area contributed by atoms with Crippen molar-refractivity contribution in [3.63, 3.8) is 0 Å². The van der Waals surface area contributed by atoms with Crippen LogP contribution in [0.15, 0.2) is 30.3 Å². The minimum Gasteiger partial charge on any atom is -0.324 e. The molecule has 2 aromatic carbocycles. The van der Waals surface area contributed by atoms with E-state index in [1.54, 1.807) is 19.1 Å². The van der Waals surface area contributed by atoms with Gasteiger partial charge in [0.05, 0.1) is 33.2 Å². The van der Waals surface area contributed by atoms with Gasteiger partial charge in [0, 0.05) is 28.8 Å². The lowest BCUT2D eigenvalue weighted by atomic mass is 9.75. The van der Waals surface area contributed by atoms with Gasteiger partial charge in [-0.3, -0.25) is 29.4 Å². The molecule has 2 aromatic rings. The van der Waals surface area contributed by atoms with Crippen LogP contribution in [0.2, 0.25) is 10.0 Å². The normalized spacial score (nSPS) is 29.6. The summed E-state index contributed by atoms with van der Waals surface area (Å²) in [7, 11) is 0. The maximum absolute atomic E-state index is 13.9. The second-order valence-electron chi connectivity index (χ2n) is 9.13. The van der Waals surface area contributed by atoms with E-state index in [2.05, 4.69) is 5.32 Å². The molecule has 4 heterocycles. The van der Waals surface area contributed by atoms with Crippen LogP contribution in [0.25, 0.3) is 0 Å². The van der Waals surface area contributed by atoms with Gasteiger partial charge < -0.3 is 5.32 Å². The molecule has 0 aromatic heterocycles. The van der Waals surface area contributed by atoms with E-state index < -0.39 is 34.1 Å². The number of nitro groups is 1. The van der Waals surface area contributed by atoms with E-state index in [1.807, 2.05) is 4.90 Å². The molecule has 0 bridgehead atoms. The van der Waals surface area contributed by atoms with Gasteiger partial charge in [0.2, 0.25) is 17.7 Å². The monoisotopic (exact) mass is 500 g/mol. The molecule has 1 spiro atoms. The fourth-order valence-corrected chi connectivity index (χ4v) is 6.84. The van der Waals surface area contributed by atoms with Gasteiger partial charge in [-0.1, -0.05) is 29.3 Å². The maximum Gasteiger partial charge on any atom is 0.271 e. The molecule has 3 amide bonds. The van der Waals surface area contributed by atoms with Gasteiger partial charge in [-0.05, 0) is 44.0 Å². The topological polar surface area (TPSA) is 113 Å².